The van der Waals surface area contributed by atoms with Crippen molar-refractivity contribution in [2.45, 2.75) is 104 Å². The van der Waals surface area contributed by atoms with Crippen LogP contribution < -0.4 is 15.7 Å². The average molecular weight is 518 g/mol. The van der Waals surface area contributed by atoms with Gasteiger partial charge in [-0.2, -0.15) is 0 Å². The molecule has 3 rings (SSSR count). The van der Waals surface area contributed by atoms with E-state index in [0.29, 0.717) is 30.0 Å². The summed E-state index contributed by atoms with van der Waals surface area (Å²) in [5.74, 6) is 0.442. The predicted octanol–water partition coefficient (Wildman–Crippen LogP) is 4.83. The lowest BCUT2D eigenvalue weighted by atomic mass is 9.99. The summed E-state index contributed by atoms with van der Waals surface area (Å²) in [7, 11) is 0. The normalized spacial score (nSPS) is 18.8. The van der Waals surface area contributed by atoms with E-state index in [9.17, 15) is 9.59 Å². The van der Waals surface area contributed by atoms with Gasteiger partial charge >= 0.3 is 5.97 Å². The molecular formula is C29H47N3O5. The maximum atomic E-state index is 12.9. The van der Waals surface area contributed by atoms with Crippen LogP contribution in [0.1, 0.15) is 89.9 Å². The molecule has 1 unspecified atom stereocenters. The Bertz CT molecular complexity index is 830. The zero-order valence-electron chi connectivity index (χ0n) is 23.3. The topological polar surface area (TPSA) is 89.1 Å². The van der Waals surface area contributed by atoms with Crippen molar-refractivity contribution in [3.8, 4) is 0 Å². The Morgan fingerprint density at radius 2 is 1.59 bits per heavy atom. The third kappa shape index (κ3) is 9.91. The van der Waals surface area contributed by atoms with Gasteiger partial charge in [0.2, 0.25) is 0 Å². The van der Waals surface area contributed by atoms with Crippen LogP contribution in [0, 0.1) is 11.8 Å². The smallest absolute Gasteiger partial charge is 0.323 e. The van der Waals surface area contributed by atoms with Gasteiger partial charge in [0, 0.05) is 30.4 Å². The highest BCUT2D eigenvalue weighted by atomic mass is 16.8. The van der Waals surface area contributed by atoms with Crippen LogP contribution in [0.2, 0.25) is 0 Å². The van der Waals surface area contributed by atoms with Gasteiger partial charge in [-0.15, -0.1) is 0 Å². The fraction of sp³-hybridized carbons (Fsp3) is 0.724. The first-order chi connectivity index (χ1) is 17.7. The molecule has 2 aliphatic rings. The maximum Gasteiger partial charge on any atom is 0.323 e. The lowest BCUT2D eigenvalue weighted by molar-refractivity contribution is -0.163. The van der Waals surface area contributed by atoms with Gasteiger partial charge in [-0.05, 0) is 88.0 Å². The number of piperidine rings is 1. The highest BCUT2D eigenvalue weighted by molar-refractivity contribution is 5.93. The zero-order chi connectivity index (χ0) is 26.8. The van der Waals surface area contributed by atoms with Crippen molar-refractivity contribution in [2.75, 3.05) is 24.6 Å². The standard InChI is InChI=1S/C29H47N3O5/c1-20(2)18-27(29(34)36-26-8-6-7-9-26)30-24-14-16-32(17-15-24)25-12-10-23(11-13-25)28(33)31-37-22(5)35-19-21(3)4/h10-13,20-22,24,26-27,30H,6-9,14-19H2,1-5H3,(H,31,33)/t22?,27-/m0/s1. The monoisotopic (exact) mass is 517 g/mol. The van der Waals surface area contributed by atoms with Crippen molar-refractivity contribution in [1.29, 1.82) is 0 Å². The Hall–Kier alpha value is -2.16. The number of hydrogen-bond donors (Lipinski definition) is 2. The lowest BCUT2D eigenvalue weighted by Gasteiger charge is -2.36. The molecule has 0 bridgehead atoms. The molecule has 1 aromatic rings. The van der Waals surface area contributed by atoms with E-state index in [1.54, 1.807) is 6.92 Å². The van der Waals surface area contributed by atoms with Crippen molar-refractivity contribution in [1.82, 2.24) is 10.8 Å². The minimum atomic E-state index is -0.509. The number of nitrogens with one attached hydrogen (secondary N) is 2. The molecule has 1 aromatic carbocycles. The second kappa shape index (κ2) is 14.7. The van der Waals surface area contributed by atoms with Gasteiger partial charge in [-0.1, -0.05) is 27.7 Å². The van der Waals surface area contributed by atoms with E-state index in [1.807, 2.05) is 24.3 Å². The summed E-state index contributed by atoms with van der Waals surface area (Å²) >= 11 is 0. The van der Waals surface area contributed by atoms with Crippen LogP contribution >= 0.6 is 0 Å². The van der Waals surface area contributed by atoms with E-state index in [-0.39, 0.29) is 24.0 Å². The highest BCUT2D eigenvalue weighted by Crippen LogP contribution is 2.24. The van der Waals surface area contributed by atoms with Gasteiger partial charge in [-0.3, -0.25) is 9.59 Å². The second-order valence-corrected chi connectivity index (χ2v) is 11.3. The summed E-state index contributed by atoms with van der Waals surface area (Å²) in [4.78, 5) is 32.9. The minimum Gasteiger partial charge on any atom is -0.461 e. The van der Waals surface area contributed by atoms with Gasteiger partial charge in [0.05, 0.1) is 6.61 Å². The molecule has 2 atom stereocenters. The van der Waals surface area contributed by atoms with E-state index >= 15 is 0 Å². The molecular weight excluding hydrogens is 470 g/mol. The van der Waals surface area contributed by atoms with Crippen LogP contribution in [-0.2, 0) is 19.1 Å². The number of hydroxylamine groups is 1. The first-order valence-corrected chi connectivity index (χ1v) is 14.1. The molecule has 0 spiro atoms. The Labute approximate surface area is 222 Å². The number of anilines is 1. The Kier molecular flexibility index (Phi) is 11.7. The summed E-state index contributed by atoms with van der Waals surface area (Å²) in [5.41, 5.74) is 4.09. The van der Waals surface area contributed by atoms with Crippen molar-refractivity contribution in [3.05, 3.63) is 29.8 Å². The van der Waals surface area contributed by atoms with Crippen molar-refractivity contribution in [3.63, 3.8) is 0 Å². The van der Waals surface area contributed by atoms with E-state index < -0.39 is 6.29 Å². The fourth-order valence-electron chi connectivity index (χ4n) is 4.93. The number of benzene rings is 1. The lowest BCUT2D eigenvalue weighted by Crippen LogP contribution is -2.50. The maximum absolute atomic E-state index is 12.9. The summed E-state index contributed by atoms with van der Waals surface area (Å²) in [5, 5.41) is 3.62. The first kappa shape index (κ1) is 29.4. The summed E-state index contributed by atoms with van der Waals surface area (Å²) in [6.45, 7) is 12.5. The largest absolute Gasteiger partial charge is 0.461 e. The van der Waals surface area contributed by atoms with E-state index in [0.717, 1.165) is 63.7 Å². The molecule has 1 saturated carbocycles. The van der Waals surface area contributed by atoms with Gasteiger partial charge in [-0.25, -0.2) is 10.3 Å². The van der Waals surface area contributed by atoms with Crippen molar-refractivity contribution < 1.29 is 23.9 Å². The van der Waals surface area contributed by atoms with Crippen LogP contribution in [0.25, 0.3) is 0 Å². The molecule has 1 amide bonds. The van der Waals surface area contributed by atoms with Gasteiger partial charge in [0.15, 0.2) is 6.29 Å². The number of ether oxygens (including phenoxy) is 2. The molecule has 2 fully saturated rings. The Morgan fingerprint density at radius 3 is 2.19 bits per heavy atom. The van der Waals surface area contributed by atoms with Crippen LogP contribution in [-0.4, -0.2) is 56.1 Å². The molecule has 8 nitrogen and oxygen atoms in total. The SMILES string of the molecule is CC(C)COC(C)ONC(=O)c1ccc(N2CCC(N[C@@H](CC(C)C)C(=O)OC3CCCC3)CC2)cc1. The summed E-state index contributed by atoms with van der Waals surface area (Å²) in [6.07, 6.45) is 6.60. The number of carbonyl (C=O) groups excluding carboxylic acids is 2. The van der Waals surface area contributed by atoms with Gasteiger partial charge in [0.1, 0.15) is 12.1 Å². The minimum absolute atomic E-state index is 0.0817. The molecule has 0 radical (unpaired) electrons. The number of hydrogen-bond acceptors (Lipinski definition) is 7. The molecule has 1 aliphatic carbocycles. The van der Waals surface area contributed by atoms with Crippen molar-refractivity contribution >= 4 is 17.6 Å². The molecule has 2 N–H and O–H groups in total. The van der Waals surface area contributed by atoms with Crippen LogP contribution in [0.3, 0.4) is 0 Å². The van der Waals surface area contributed by atoms with Crippen LogP contribution in [0.4, 0.5) is 5.69 Å². The third-order valence-corrected chi connectivity index (χ3v) is 6.98. The summed E-state index contributed by atoms with van der Waals surface area (Å²) in [6, 6.07) is 7.63. The molecule has 8 heteroatoms. The number of carbonyl (C=O) groups is 2. The first-order valence-electron chi connectivity index (χ1n) is 14.1. The van der Waals surface area contributed by atoms with Crippen LogP contribution in [0.5, 0.6) is 0 Å². The van der Waals surface area contributed by atoms with E-state index in [2.05, 4.69) is 43.4 Å². The molecule has 0 aromatic heterocycles. The van der Waals surface area contributed by atoms with Crippen molar-refractivity contribution in [2.24, 2.45) is 11.8 Å². The highest BCUT2D eigenvalue weighted by Gasteiger charge is 2.29. The quantitative estimate of drug-likeness (QED) is 0.220. The molecule has 37 heavy (non-hydrogen) atoms. The van der Waals surface area contributed by atoms with Crippen LogP contribution in [0.15, 0.2) is 24.3 Å². The third-order valence-electron chi connectivity index (χ3n) is 6.98. The zero-order valence-corrected chi connectivity index (χ0v) is 23.3. The molecule has 208 valence electrons. The molecule has 1 aliphatic heterocycles. The van der Waals surface area contributed by atoms with Gasteiger partial charge in [0.25, 0.3) is 5.91 Å². The average Bonchev–Trinajstić information content (AvgIpc) is 3.39. The number of rotatable bonds is 13. The van der Waals surface area contributed by atoms with E-state index in [4.69, 9.17) is 14.3 Å². The van der Waals surface area contributed by atoms with Gasteiger partial charge < -0.3 is 19.7 Å². The predicted molar refractivity (Wildman–Crippen MR) is 145 cm³/mol. The fourth-order valence-corrected chi connectivity index (χ4v) is 4.93. The number of nitrogens with zero attached hydrogens (tertiary/aromatic N) is 1. The second-order valence-electron chi connectivity index (χ2n) is 11.3. The number of amides is 1. The number of esters is 1. The summed E-state index contributed by atoms with van der Waals surface area (Å²) < 4.78 is 11.3. The Balaban J connectivity index is 1.44. The molecule has 1 saturated heterocycles. The Morgan fingerprint density at radius 1 is 0.946 bits per heavy atom. The van der Waals surface area contributed by atoms with E-state index in [1.165, 1.54) is 0 Å². The molecule has 1 heterocycles.